The molecule has 0 saturated carbocycles. The SMILES string of the molecule is COc1ccc(C(CNC(=O)Cc2sc(Cc3cccc4ccccc34)nc2C)N(C)C)cc1. The molecular weight excluding hydrogens is 442 g/mol. The number of amides is 1. The molecule has 0 aliphatic carbocycles. The van der Waals surface area contributed by atoms with Gasteiger partial charge in [-0.15, -0.1) is 11.3 Å². The summed E-state index contributed by atoms with van der Waals surface area (Å²) in [6.45, 7) is 2.53. The normalized spacial score (nSPS) is 12.1. The first-order valence-electron chi connectivity index (χ1n) is 11.4. The number of likely N-dealkylation sites (N-methyl/N-ethyl adjacent to an activating group) is 1. The summed E-state index contributed by atoms with van der Waals surface area (Å²) in [5.41, 5.74) is 3.34. The van der Waals surface area contributed by atoms with Crippen LogP contribution in [0.15, 0.2) is 66.7 Å². The van der Waals surface area contributed by atoms with Crippen LogP contribution < -0.4 is 10.1 Å². The van der Waals surface area contributed by atoms with E-state index in [2.05, 4.69) is 52.7 Å². The van der Waals surface area contributed by atoms with Crippen molar-refractivity contribution in [2.24, 2.45) is 0 Å². The van der Waals surface area contributed by atoms with E-state index in [1.165, 1.54) is 16.3 Å². The fraction of sp³-hybridized carbons (Fsp3) is 0.286. The molecule has 34 heavy (non-hydrogen) atoms. The third-order valence-corrected chi connectivity index (χ3v) is 7.25. The Hall–Kier alpha value is -3.22. The molecule has 0 fully saturated rings. The van der Waals surface area contributed by atoms with Crippen LogP contribution in [0.1, 0.15) is 32.7 Å². The summed E-state index contributed by atoms with van der Waals surface area (Å²) in [5, 5.41) is 6.65. The third kappa shape index (κ3) is 5.64. The molecule has 1 heterocycles. The van der Waals surface area contributed by atoms with Gasteiger partial charge in [0.05, 0.1) is 30.3 Å². The van der Waals surface area contributed by atoms with Crippen LogP contribution in [0, 0.1) is 6.92 Å². The Kier molecular flexibility index (Phi) is 7.60. The molecule has 1 atom stereocenters. The number of methoxy groups -OCH3 is 1. The molecule has 5 nitrogen and oxygen atoms in total. The van der Waals surface area contributed by atoms with E-state index in [-0.39, 0.29) is 11.9 Å². The van der Waals surface area contributed by atoms with Crippen molar-refractivity contribution >= 4 is 28.0 Å². The highest BCUT2D eigenvalue weighted by Crippen LogP contribution is 2.26. The topological polar surface area (TPSA) is 54.5 Å². The first-order chi connectivity index (χ1) is 16.4. The summed E-state index contributed by atoms with van der Waals surface area (Å²) in [6.07, 6.45) is 1.12. The van der Waals surface area contributed by atoms with Crippen molar-refractivity contribution in [3.05, 3.63) is 93.4 Å². The van der Waals surface area contributed by atoms with Crippen molar-refractivity contribution in [3.63, 3.8) is 0 Å². The van der Waals surface area contributed by atoms with Crippen molar-refractivity contribution < 1.29 is 9.53 Å². The van der Waals surface area contributed by atoms with Gasteiger partial charge in [0.2, 0.25) is 5.91 Å². The van der Waals surface area contributed by atoms with Crippen molar-refractivity contribution in [2.45, 2.75) is 25.8 Å². The standard InChI is InChI=1S/C28H31N3O2S/c1-19-26(34-28(30-19)16-22-10-7-9-20-8-5-6-11-24(20)22)17-27(32)29-18-25(31(2)3)21-12-14-23(33-4)15-13-21/h5-15,25H,16-18H2,1-4H3,(H,29,32). The first kappa shape index (κ1) is 23.9. The van der Waals surface area contributed by atoms with Gasteiger partial charge in [-0.05, 0) is 55.1 Å². The Morgan fingerprint density at radius 2 is 1.79 bits per heavy atom. The molecule has 0 saturated heterocycles. The number of carbonyl (C=O) groups is 1. The zero-order valence-corrected chi connectivity index (χ0v) is 21.0. The van der Waals surface area contributed by atoms with Crippen LogP contribution in [-0.4, -0.2) is 43.5 Å². The monoisotopic (exact) mass is 473 g/mol. The van der Waals surface area contributed by atoms with E-state index < -0.39 is 0 Å². The van der Waals surface area contributed by atoms with Gasteiger partial charge in [0.25, 0.3) is 0 Å². The fourth-order valence-corrected chi connectivity index (χ4v) is 5.27. The lowest BCUT2D eigenvalue weighted by Crippen LogP contribution is -2.35. The smallest absolute Gasteiger partial charge is 0.225 e. The average molecular weight is 474 g/mol. The lowest BCUT2D eigenvalue weighted by molar-refractivity contribution is -0.120. The molecule has 0 aliphatic rings. The second-order valence-corrected chi connectivity index (χ2v) is 9.83. The molecule has 1 N–H and O–H groups in total. The second-order valence-electron chi connectivity index (χ2n) is 8.66. The van der Waals surface area contributed by atoms with E-state index in [0.29, 0.717) is 13.0 Å². The highest BCUT2D eigenvalue weighted by atomic mass is 32.1. The maximum Gasteiger partial charge on any atom is 0.225 e. The van der Waals surface area contributed by atoms with Crippen LogP contribution in [0.5, 0.6) is 5.75 Å². The molecule has 6 heteroatoms. The number of thiazole rings is 1. The number of carbonyl (C=O) groups excluding carboxylic acids is 1. The molecule has 1 aromatic heterocycles. The molecule has 4 rings (SSSR count). The maximum absolute atomic E-state index is 12.8. The molecular formula is C28H31N3O2S. The number of rotatable bonds is 9. The van der Waals surface area contributed by atoms with Crippen molar-refractivity contribution in [3.8, 4) is 5.75 Å². The minimum absolute atomic E-state index is 0.0174. The number of aromatic nitrogens is 1. The van der Waals surface area contributed by atoms with E-state index in [4.69, 9.17) is 9.72 Å². The fourth-order valence-electron chi connectivity index (χ4n) is 4.18. The number of aryl methyl sites for hydroxylation is 1. The van der Waals surface area contributed by atoms with Crippen LogP contribution >= 0.6 is 11.3 Å². The Balaban J connectivity index is 1.40. The Morgan fingerprint density at radius 1 is 1.06 bits per heavy atom. The predicted molar refractivity (Wildman–Crippen MR) is 140 cm³/mol. The van der Waals surface area contributed by atoms with Crippen molar-refractivity contribution in [1.29, 1.82) is 0 Å². The van der Waals surface area contributed by atoms with Gasteiger partial charge in [0.15, 0.2) is 0 Å². The zero-order valence-electron chi connectivity index (χ0n) is 20.2. The number of benzene rings is 3. The van der Waals surface area contributed by atoms with Crippen LogP contribution in [-0.2, 0) is 17.6 Å². The van der Waals surface area contributed by atoms with Gasteiger partial charge in [-0.25, -0.2) is 4.98 Å². The number of hydrogen-bond donors (Lipinski definition) is 1. The summed E-state index contributed by atoms with van der Waals surface area (Å²) in [6, 6.07) is 22.9. The minimum Gasteiger partial charge on any atom is -0.497 e. The number of ether oxygens (including phenoxy) is 1. The minimum atomic E-state index is 0.0174. The highest BCUT2D eigenvalue weighted by molar-refractivity contribution is 7.11. The highest BCUT2D eigenvalue weighted by Gasteiger charge is 2.17. The van der Waals surface area contributed by atoms with Gasteiger partial charge in [0, 0.05) is 17.8 Å². The molecule has 0 bridgehead atoms. The van der Waals surface area contributed by atoms with Crippen LogP contribution in [0.25, 0.3) is 10.8 Å². The number of nitrogens with one attached hydrogen (secondary N) is 1. The summed E-state index contributed by atoms with van der Waals surface area (Å²) in [7, 11) is 5.70. The molecule has 1 unspecified atom stereocenters. The Bertz CT molecular complexity index is 1260. The largest absolute Gasteiger partial charge is 0.497 e. The van der Waals surface area contributed by atoms with Gasteiger partial charge >= 0.3 is 0 Å². The van der Waals surface area contributed by atoms with Crippen LogP contribution in [0.2, 0.25) is 0 Å². The van der Waals surface area contributed by atoms with E-state index in [1.54, 1.807) is 18.4 Å². The third-order valence-electron chi connectivity index (χ3n) is 6.10. The van der Waals surface area contributed by atoms with Gasteiger partial charge < -0.3 is 15.0 Å². The second kappa shape index (κ2) is 10.8. The van der Waals surface area contributed by atoms with Crippen LogP contribution in [0.3, 0.4) is 0 Å². The van der Waals surface area contributed by atoms with Crippen molar-refractivity contribution in [1.82, 2.24) is 15.2 Å². The molecule has 4 aromatic rings. The van der Waals surface area contributed by atoms with Gasteiger partial charge in [-0.1, -0.05) is 54.6 Å². The lowest BCUT2D eigenvalue weighted by atomic mass is 10.0. The van der Waals surface area contributed by atoms with Gasteiger partial charge in [-0.3, -0.25) is 4.79 Å². The summed E-state index contributed by atoms with van der Waals surface area (Å²) in [4.78, 5) is 20.7. The molecule has 0 spiro atoms. The molecule has 3 aromatic carbocycles. The summed E-state index contributed by atoms with van der Waals surface area (Å²) < 4.78 is 5.26. The first-order valence-corrected chi connectivity index (χ1v) is 12.2. The molecule has 0 radical (unpaired) electrons. The number of nitrogens with zero attached hydrogens (tertiary/aromatic N) is 2. The summed E-state index contributed by atoms with van der Waals surface area (Å²) >= 11 is 1.64. The van der Waals surface area contributed by atoms with Crippen molar-refractivity contribution in [2.75, 3.05) is 27.7 Å². The van der Waals surface area contributed by atoms with Gasteiger partial charge in [0.1, 0.15) is 5.75 Å². The van der Waals surface area contributed by atoms with E-state index in [9.17, 15) is 4.79 Å². The quantitative estimate of drug-likeness (QED) is 0.365. The summed E-state index contributed by atoms with van der Waals surface area (Å²) in [5.74, 6) is 0.842. The number of hydrogen-bond acceptors (Lipinski definition) is 5. The predicted octanol–water partition coefficient (Wildman–Crippen LogP) is 5.17. The van der Waals surface area contributed by atoms with Crippen LogP contribution in [0.4, 0.5) is 0 Å². The Morgan fingerprint density at radius 3 is 2.53 bits per heavy atom. The van der Waals surface area contributed by atoms with Gasteiger partial charge in [-0.2, -0.15) is 0 Å². The van der Waals surface area contributed by atoms with E-state index in [0.717, 1.165) is 33.3 Å². The lowest BCUT2D eigenvalue weighted by Gasteiger charge is -2.25. The average Bonchev–Trinajstić information content (AvgIpc) is 3.18. The maximum atomic E-state index is 12.8. The van der Waals surface area contributed by atoms with E-state index >= 15 is 0 Å². The number of fused-ring (bicyclic) bond motifs is 1. The molecule has 176 valence electrons. The Labute approximate surface area is 205 Å². The zero-order chi connectivity index (χ0) is 24.1. The molecule has 0 aliphatic heterocycles. The van der Waals surface area contributed by atoms with E-state index in [1.807, 2.05) is 45.3 Å². The molecule has 1 amide bonds.